The van der Waals surface area contributed by atoms with Crippen molar-refractivity contribution in [3.8, 4) is 10.7 Å². The first-order valence-corrected chi connectivity index (χ1v) is 5.09. The molecule has 0 fully saturated rings. The molecule has 3 nitrogen and oxygen atoms in total. The van der Waals surface area contributed by atoms with E-state index in [1.165, 1.54) is 11.3 Å². The van der Waals surface area contributed by atoms with Gasteiger partial charge >= 0.3 is 0 Å². The molecular weight excluding hydrogens is 248 g/mol. The maximum absolute atomic E-state index is 13.0. The van der Waals surface area contributed by atoms with Crippen LogP contribution in [0, 0.1) is 5.82 Å². The van der Waals surface area contributed by atoms with Crippen molar-refractivity contribution in [1.29, 1.82) is 0 Å². The molecule has 2 heterocycles. The number of halogens is 3. The van der Waals surface area contributed by atoms with Crippen LogP contribution in [0.3, 0.4) is 0 Å². The summed E-state index contributed by atoms with van der Waals surface area (Å²) >= 11 is 12.3. The van der Waals surface area contributed by atoms with Crippen LogP contribution in [-0.2, 0) is 0 Å². The van der Waals surface area contributed by atoms with Gasteiger partial charge in [0, 0.05) is 6.20 Å². The topological polar surface area (TPSA) is 38.7 Å². The van der Waals surface area contributed by atoms with Gasteiger partial charge in [-0.2, -0.15) is 0 Å². The van der Waals surface area contributed by atoms with E-state index in [1.807, 2.05) is 0 Å². The molecule has 0 aliphatic rings. The Morgan fingerprint density at radius 2 is 1.86 bits per heavy atom. The molecule has 2 rings (SSSR count). The molecular formula is C7H2Cl2FN3S. The fourth-order valence-corrected chi connectivity index (χ4v) is 1.77. The highest BCUT2D eigenvalue weighted by Gasteiger charge is 2.12. The number of nitrogens with zero attached hydrogens (tertiary/aromatic N) is 3. The van der Waals surface area contributed by atoms with Crippen LogP contribution < -0.4 is 0 Å². The van der Waals surface area contributed by atoms with Gasteiger partial charge in [-0.15, -0.1) is 11.3 Å². The van der Waals surface area contributed by atoms with Crippen LogP contribution in [0.15, 0.2) is 11.7 Å². The van der Waals surface area contributed by atoms with Gasteiger partial charge < -0.3 is 0 Å². The van der Waals surface area contributed by atoms with Gasteiger partial charge in [0.1, 0.15) is 0 Å². The molecule has 0 N–H and O–H groups in total. The van der Waals surface area contributed by atoms with E-state index >= 15 is 0 Å². The smallest absolute Gasteiger partial charge is 0.197 e. The lowest BCUT2D eigenvalue weighted by Crippen LogP contribution is -1.93. The summed E-state index contributed by atoms with van der Waals surface area (Å²) in [6.45, 7) is 0. The van der Waals surface area contributed by atoms with Gasteiger partial charge in [-0.3, -0.25) is 4.98 Å². The second-order valence-electron chi connectivity index (χ2n) is 2.31. The lowest BCUT2D eigenvalue weighted by Gasteiger charge is -1.99. The average Bonchev–Trinajstić information content (AvgIpc) is 2.66. The van der Waals surface area contributed by atoms with Crippen molar-refractivity contribution in [2.45, 2.75) is 0 Å². The summed E-state index contributed by atoms with van der Waals surface area (Å²) in [6.07, 6.45) is 1.56. The summed E-state index contributed by atoms with van der Waals surface area (Å²) in [7, 11) is 0. The first-order chi connectivity index (χ1) is 6.68. The lowest BCUT2D eigenvalue weighted by atomic mass is 10.5. The Hall–Kier alpha value is -0.780. The summed E-state index contributed by atoms with van der Waals surface area (Å²) in [6, 6.07) is 0. The molecule has 0 aromatic carbocycles. The third-order valence-electron chi connectivity index (χ3n) is 1.42. The molecule has 14 heavy (non-hydrogen) atoms. The molecule has 0 bridgehead atoms. The Bertz CT molecular complexity index is 437. The fraction of sp³-hybridized carbons (Fsp3) is 0. The summed E-state index contributed by atoms with van der Waals surface area (Å²) in [5.41, 5.74) is 1.61. The molecule has 0 spiro atoms. The number of hydrogen-bond acceptors (Lipinski definition) is 4. The molecule has 2 aromatic rings. The van der Waals surface area contributed by atoms with E-state index in [-0.39, 0.29) is 16.1 Å². The SMILES string of the molecule is Fc1c(Cl)nc(-c2cncs2)nc1Cl. The Kier molecular flexibility index (Phi) is 2.62. The first kappa shape index (κ1) is 9.76. The van der Waals surface area contributed by atoms with Crippen molar-refractivity contribution in [3.05, 3.63) is 27.8 Å². The van der Waals surface area contributed by atoms with Crippen molar-refractivity contribution in [2.24, 2.45) is 0 Å². The summed E-state index contributed by atoms with van der Waals surface area (Å²) in [5, 5.41) is -0.568. The summed E-state index contributed by atoms with van der Waals surface area (Å²) in [5.74, 6) is -0.523. The van der Waals surface area contributed by atoms with Gasteiger partial charge in [-0.05, 0) is 0 Å². The molecule has 0 atom stereocenters. The minimum Gasteiger partial charge on any atom is -0.252 e. The Morgan fingerprint density at radius 1 is 1.21 bits per heavy atom. The van der Waals surface area contributed by atoms with Gasteiger partial charge in [-0.25, -0.2) is 14.4 Å². The zero-order valence-corrected chi connectivity index (χ0v) is 8.87. The monoisotopic (exact) mass is 249 g/mol. The predicted octanol–water partition coefficient (Wildman–Crippen LogP) is 3.05. The van der Waals surface area contributed by atoms with E-state index in [2.05, 4.69) is 15.0 Å². The van der Waals surface area contributed by atoms with Crippen LogP contribution in [0.25, 0.3) is 10.7 Å². The van der Waals surface area contributed by atoms with Crippen molar-refractivity contribution in [2.75, 3.05) is 0 Å². The van der Waals surface area contributed by atoms with Gasteiger partial charge in [0.25, 0.3) is 0 Å². The summed E-state index contributed by atoms with van der Waals surface area (Å²) in [4.78, 5) is 12.0. The van der Waals surface area contributed by atoms with Gasteiger partial charge in [0.15, 0.2) is 21.9 Å². The van der Waals surface area contributed by atoms with Crippen molar-refractivity contribution < 1.29 is 4.39 Å². The van der Waals surface area contributed by atoms with E-state index < -0.39 is 5.82 Å². The average molecular weight is 250 g/mol. The molecule has 0 radical (unpaired) electrons. The highest BCUT2D eigenvalue weighted by molar-refractivity contribution is 7.13. The number of rotatable bonds is 1. The van der Waals surface area contributed by atoms with E-state index in [1.54, 1.807) is 11.7 Å². The van der Waals surface area contributed by atoms with Crippen LogP contribution in [0.1, 0.15) is 0 Å². The maximum atomic E-state index is 13.0. The normalized spacial score (nSPS) is 10.5. The molecule has 0 saturated heterocycles. The highest BCUT2D eigenvalue weighted by Crippen LogP contribution is 2.25. The molecule has 0 amide bonds. The van der Waals surface area contributed by atoms with Crippen LogP contribution in [-0.4, -0.2) is 15.0 Å². The van der Waals surface area contributed by atoms with Gasteiger partial charge in [0.2, 0.25) is 0 Å². The molecule has 0 aliphatic heterocycles. The van der Waals surface area contributed by atoms with E-state index in [0.29, 0.717) is 4.88 Å². The number of thiazole rings is 1. The molecule has 2 aromatic heterocycles. The predicted molar refractivity (Wildman–Crippen MR) is 53.1 cm³/mol. The second-order valence-corrected chi connectivity index (χ2v) is 3.91. The fourth-order valence-electron chi connectivity index (χ4n) is 0.831. The molecule has 72 valence electrons. The van der Waals surface area contributed by atoms with Crippen LogP contribution in [0.4, 0.5) is 4.39 Å². The van der Waals surface area contributed by atoms with E-state index in [9.17, 15) is 4.39 Å². The van der Waals surface area contributed by atoms with Gasteiger partial charge in [0.05, 0.1) is 10.4 Å². The molecule has 0 aliphatic carbocycles. The van der Waals surface area contributed by atoms with Crippen molar-refractivity contribution in [3.63, 3.8) is 0 Å². The van der Waals surface area contributed by atoms with Crippen LogP contribution in [0.5, 0.6) is 0 Å². The van der Waals surface area contributed by atoms with Crippen LogP contribution >= 0.6 is 34.5 Å². The second kappa shape index (κ2) is 3.76. The lowest BCUT2D eigenvalue weighted by molar-refractivity contribution is 0.615. The number of aromatic nitrogens is 3. The van der Waals surface area contributed by atoms with Crippen LogP contribution in [0.2, 0.25) is 10.3 Å². The molecule has 0 unspecified atom stereocenters. The maximum Gasteiger partial charge on any atom is 0.197 e. The third kappa shape index (κ3) is 1.70. The first-order valence-electron chi connectivity index (χ1n) is 3.46. The van der Waals surface area contributed by atoms with E-state index in [4.69, 9.17) is 23.2 Å². The minimum absolute atomic E-state index is 0.281. The standard InChI is InChI=1S/C7H2Cl2FN3S/c8-5-4(10)6(9)13-7(12-5)3-1-11-2-14-3/h1-2H. The van der Waals surface area contributed by atoms with Crippen molar-refractivity contribution in [1.82, 2.24) is 15.0 Å². The Morgan fingerprint density at radius 3 is 2.36 bits per heavy atom. The zero-order chi connectivity index (χ0) is 10.1. The highest BCUT2D eigenvalue weighted by atomic mass is 35.5. The van der Waals surface area contributed by atoms with E-state index in [0.717, 1.165) is 0 Å². The zero-order valence-electron chi connectivity index (χ0n) is 6.54. The van der Waals surface area contributed by atoms with Crippen molar-refractivity contribution >= 4 is 34.5 Å². The third-order valence-corrected chi connectivity index (χ3v) is 2.69. The molecule has 7 heteroatoms. The van der Waals surface area contributed by atoms with Gasteiger partial charge in [-0.1, -0.05) is 23.2 Å². The molecule has 0 saturated carbocycles. The Labute approximate surface area is 92.6 Å². The number of hydrogen-bond donors (Lipinski definition) is 0. The quantitative estimate of drug-likeness (QED) is 0.730. The largest absolute Gasteiger partial charge is 0.252 e. The Balaban J connectivity index is 2.57. The minimum atomic E-state index is -0.804. The summed E-state index contributed by atoms with van der Waals surface area (Å²) < 4.78 is 13.0.